The number of thiophene rings is 1. The highest BCUT2D eigenvalue weighted by Gasteiger charge is 2.18. The minimum atomic E-state index is 1.10. The summed E-state index contributed by atoms with van der Waals surface area (Å²) >= 11 is 1.86. The zero-order valence-corrected chi connectivity index (χ0v) is 30.4. The first-order valence-electron chi connectivity index (χ1n) is 18.4. The van der Waals surface area contributed by atoms with E-state index < -0.39 is 0 Å². The summed E-state index contributed by atoms with van der Waals surface area (Å²) in [6.45, 7) is 0. The molecule has 0 radical (unpaired) electrons. The average Bonchev–Trinajstić information content (AvgIpc) is 3.62. The number of fused-ring (bicyclic) bond motifs is 4. The number of nitrogens with zero attached hydrogens (tertiary/aromatic N) is 1. The Morgan fingerprint density at radius 1 is 0.278 bits per heavy atom. The molecule has 9 aromatic carbocycles. The van der Waals surface area contributed by atoms with Crippen LogP contribution < -0.4 is 4.90 Å². The van der Waals surface area contributed by atoms with E-state index in [2.05, 4.69) is 217 Å². The van der Waals surface area contributed by atoms with Crippen LogP contribution in [-0.2, 0) is 0 Å². The molecule has 1 nitrogen and oxygen atoms in total. The molecule has 0 fully saturated rings. The second kappa shape index (κ2) is 13.7. The highest BCUT2D eigenvalue weighted by molar-refractivity contribution is 7.25. The minimum absolute atomic E-state index is 1.10. The van der Waals surface area contributed by atoms with E-state index in [9.17, 15) is 0 Å². The molecule has 0 spiro atoms. The molecule has 0 saturated carbocycles. The molecule has 0 amide bonds. The highest BCUT2D eigenvalue weighted by Crippen LogP contribution is 2.44. The van der Waals surface area contributed by atoms with Crippen molar-refractivity contribution in [2.75, 3.05) is 4.90 Å². The number of anilines is 3. The Bertz CT molecular complexity index is 2880. The van der Waals surface area contributed by atoms with Crippen molar-refractivity contribution in [3.63, 3.8) is 0 Å². The van der Waals surface area contributed by atoms with Crippen LogP contribution in [0.2, 0.25) is 0 Å². The van der Waals surface area contributed by atoms with Crippen LogP contribution in [-0.4, -0.2) is 0 Å². The van der Waals surface area contributed by atoms with E-state index in [-0.39, 0.29) is 0 Å². The predicted octanol–water partition coefficient (Wildman–Crippen LogP) is 15.3. The van der Waals surface area contributed by atoms with Gasteiger partial charge in [0.25, 0.3) is 0 Å². The predicted molar refractivity (Wildman–Crippen MR) is 233 cm³/mol. The molecule has 2 heteroatoms. The fraction of sp³-hybridized carbons (Fsp3) is 0. The van der Waals surface area contributed by atoms with Gasteiger partial charge in [0, 0.05) is 37.2 Å². The van der Waals surface area contributed by atoms with Gasteiger partial charge in [-0.05, 0) is 110 Å². The third-order valence-corrected chi connectivity index (χ3v) is 11.5. The van der Waals surface area contributed by atoms with Gasteiger partial charge >= 0.3 is 0 Å². The lowest BCUT2D eigenvalue weighted by molar-refractivity contribution is 1.29. The molecule has 0 aliphatic heterocycles. The van der Waals surface area contributed by atoms with Gasteiger partial charge in [-0.3, -0.25) is 0 Å². The first-order valence-corrected chi connectivity index (χ1v) is 19.2. The Hall–Kier alpha value is -6.74. The van der Waals surface area contributed by atoms with Crippen LogP contribution in [0.4, 0.5) is 17.1 Å². The van der Waals surface area contributed by atoms with Crippen molar-refractivity contribution in [2.45, 2.75) is 0 Å². The number of hydrogen-bond acceptors (Lipinski definition) is 2. The van der Waals surface area contributed by atoms with Crippen molar-refractivity contribution in [3.8, 4) is 44.5 Å². The molecule has 0 aliphatic rings. The maximum atomic E-state index is 2.43. The molecule has 0 N–H and O–H groups in total. The summed E-state index contributed by atoms with van der Waals surface area (Å²) in [7, 11) is 0. The van der Waals surface area contributed by atoms with Crippen LogP contribution in [0.3, 0.4) is 0 Å². The molecular formula is C52H35NS. The third kappa shape index (κ3) is 5.93. The van der Waals surface area contributed by atoms with Crippen molar-refractivity contribution >= 4 is 59.3 Å². The maximum Gasteiger partial charge on any atom is 0.0476 e. The van der Waals surface area contributed by atoms with Gasteiger partial charge in [0.15, 0.2) is 0 Å². The zero-order chi connectivity index (χ0) is 35.8. The van der Waals surface area contributed by atoms with E-state index in [1.54, 1.807) is 0 Å². The van der Waals surface area contributed by atoms with Crippen molar-refractivity contribution in [1.29, 1.82) is 0 Å². The van der Waals surface area contributed by atoms with Crippen molar-refractivity contribution in [3.05, 3.63) is 212 Å². The van der Waals surface area contributed by atoms with E-state index in [4.69, 9.17) is 0 Å². The molecular weight excluding hydrogens is 671 g/mol. The minimum Gasteiger partial charge on any atom is -0.310 e. The summed E-state index contributed by atoms with van der Waals surface area (Å²) < 4.78 is 2.59. The smallest absolute Gasteiger partial charge is 0.0476 e. The van der Waals surface area contributed by atoms with Crippen molar-refractivity contribution in [1.82, 2.24) is 0 Å². The second-order valence-electron chi connectivity index (χ2n) is 13.8. The molecule has 0 bridgehead atoms. The molecule has 10 aromatic rings. The molecule has 1 heterocycles. The Kier molecular flexibility index (Phi) is 8.09. The fourth-order valence-corrected chi connectivity index (χ4v) is 8.94. The monoisotopic (exact) mass is 705 g/mol. The van der Waals surface area contributed by atoms with Crippen LogP contribution in [0.15, 0.2) is 212 Å². The van der Waals surface area contributed by atoms with Crippen molar-refractivity contribution < 1.29 is 0 Å². The lowest BCUT2D eigenvalue weighted by atomic mass is 9.95. The molecule has 54 heavy (non-hydrogen) atoms. The molecule has 0 aliphatic carbocycles. The van der Waals surface area contributed by atoms with Gasteiger partial charge in [0.05, 0.1) is 0 Å². The third-order valence-electron chi connectivity index (χ3n) is 10.4. The van der Waals surface area contributed by atoms with E-state index in [1.165, 1.54) is 75.5 Å². The Morgan fingerprint density at radius 2 is 0.796 bits per heavy atom. The molecule has 0 unspecified atom stereocenters. The van der Waals surface area contributed by atoms with E-state index in [1.807, 2.05) is 11.3 Å². The average molecular weight is 706 g/mol. The van der Waals surface area contributed by atoms with Crippen LogP contribution in [0.1, 0.15) is 0 Å². The molecule has 0 saturated heterocycles. The summed E-state index contributed by atoms with van der Waals surface area (Å²) in [5.41, 5.74) is 12.9. The zero-order valence-electron chi connectivity index (χ0n) is 29.6. The maximum absolute atomic E-state index is 2.43. The molecule has 1 aromatic heterocycles. The molecule has 0 atom stereocenters. The van der Waals surface area contributed by atoms with Gasteiger partial charge in [-0.25, -0.2) is 0 Å². The summed E-state index contributed by atoms with van der Waals surface area (Å²) in [5, 5.41) is 5.12. The standard InChI is InChI=1S/C52H35NS/c1-3-14-36(15-4-1)42-31-43(37-16-5-2-6-17-37)34-46(33-42)53(45-28-29-50-49-25-9-10-27-51(49)54-52(50)35-45)44-23-12-21-40(32-44)39-20-11-22-41(30-39)48-26-13-19-38-18-7-8-24-47(38)48/h1-35H. The van der Waals surface area contributed by atoms with Gasteiger partial charge < -0.3 is 4.90 Å². The van der Waals surface area contributed by atoms with Gasteiger partial charge in [0.2, 0.25) is 0 Å². The van der Waals surface area contributed by atoms with E-state index >= 15 is 0 Å². The lowest BCUT2D eigenvalue weighted by Crippen LogP contribution is -2.10. The first kappa shape index (κ1) is 32.0. The summed E-state index contributed by atoms with van der Waals surface area (Å²) in [6, 6.07) is 77.3. The summed E-state index contributed by atoms with van der Waals surface area (Å²) in [4.78, 5) is 2.43. The number of rotatable bonds is 7. The van der Waals surface area contributed by atoms with Crippen LogP contribution in [0.25, 0.3) is 75.5 Å². The normalized spacial score (nSPS) is 11.3. The second-order valence-corrected chi connectivity index (χ2v) is 14.9. The molecule has 254 valence electrons. The quantitative estimate of drug-likeness (QED) is 0.160. The summed E-state index contributed by atoms with van der Waals surface area (Å²) in [5.74, 6) is 0. The number of benzene rings is 9. The Balaban J connectivity index is 1.16. The number of hydrogen-bond donors (Lipinski definition) is 0. The molecule has 10 rings (SSSR count). The van der Waals surface area contributed by atoms with E-state index in [0.29, 0.717) is 0 Å². The fourth-order valence-electron chi connectivity index (χ4n) is 7.80. The topological polar surface area (TPSA) is 3.24 Å². The Morgan fingerprint density at radius 3 is 1.57 bits per heavy atom. The van der Waals surface area contributed by atoms with Gasteiger partial charge in [0.1, 0.15) is 0 Å². The lowest BCUT2D eigenvalue weighted by Gasteiger charge is -2.27. The Labute approximate surface area is 319 Å². The SMILES string of the molecule is c1ccc(-c2cc(-c3ccccc3)cc(N(c3cccc(-c4cccc(-c5cccc6ccccc56)c4)c3)c3ccc4c(c3)sc3ccccc34)c2)cc1. The highest BCUT2D eigenvalue weighted by atomic mass is 32.1. The van der Waals surface area contributed by atoms with Gasteiger partial charge in [-0.1, -0.05) is 158 Å². The van der Waals surface area contributed by atoms with Crippen molar-refractivity contribution in [2.24, 2.45) is 0 Å². The van der Waals surface area contributed by atoms with Crippen LogP contribution in [0.5, 0.6) is 0 Å². The van der Waals surface area contributed by atoms with Gasteiger partial charge in [-0.15, -0.1) is 11.3 Å². The van der Waals surface area contributed by atoms with Gasteiger partial charge in [-0.2, -0.15) is 0 Å². The largest absolute Gasteiger partial charge is 0.310 e. The van der Waals surface area contributed by atoms with Crippen LogP contribution >= 0.6 is 11.3 Å². The first-order chi connectivity index (χ1) is 26.7. The van der Waals surface area contributed by atoms with E-state index in [0.717, 1.165) is 17.1 Å². The van der Waals surface area contributed by atoms with Crippen LogP contribution in [0, 0.1) is 0 Å². The summed E-state index contributed by atoms with van der Waals surface area (Å²) in [6.07, 6.45) is 0.